The second-order valence-electron chi connectivity index (χ2n) is 9.32. The Balaban J connectivity index is 1.29. The van der Waals surface area contributed by atoms with Crippen LogP contribution in [0.15, 0.2) is 60.7 Å². The highest BCUT2D eigenvalue weighted by Gasteiger charge is 2.43. The van der Waals surface area contributed by atoms with Crippen molar-refractivity contribution in [2.24, 2.45) is 0 Å². The molecule has 0 spiro atoms. The highest BCUT2D eigenvalue weighted by Crippen LogP contribution is 2.55. The minimum absolute atomic E-state index is 0.0279. The number of ether oxygens (including phenoxy) is 1. The summed E-state index contributed by atoms with van der Waals surface area (Å²) in [5.74, 6) is -0.963. The second-order valence-corrected chi connectivity index (χ2v) is 9.32. The van der Waals surface area contributed by atoms with Gasteiger partial charge in [0.15, 0.2) is 0 Å². The number of anilines is 1. The van der Waals surface area contributed by atoms with Crippen LogP contribution in [0, 0.1) is 25.5 Å². The lowest BCUT2D eigenvalue weighted by Crippen LogP contribution is -2.25. The molecule has 2 aliphatic rings. The van der Waals surface area contributed by atoms with E-state index in [2.05, 4.69) is 10.3 Å². The van der Waals surface area contributed by atoms with E-state index >= 15 is 4.39 Å². The lowest BCUT2D eigenvalue weighted by Gasteiger charge is -2.18. The fourth-order valence-corrected chi connectivity index (χ4v) is 5.28. The molecule has 2 atom stereocenters. The van der Waals surface area contributed by atoms with Crippen molar-refractivity contribution >= 4 is 11.7 Å². The molecule has 36 heavy (non-hydrogen) atoms. The van der Waals surface area contributed by atoms with Crippen LogP contribution in [-0.4, -0.2) is 10.9 Å². The van der Waals surface area contributed by atoms with E-state index in [1.807, 2.05) is 32.0 Å². The van der Waals surface area contributed by atoms with Gasteiger partial charge in [-0.1, -0.05) is 24.3 Å². The number of aromatic nitrogens is 1. The molecule has 6 rings (SSSR count). The van der Waals surface area contributed by atoms with E-state index in [-0.39, 0.29) is 24.0 Å². The van der Waals surface area contributed by atoms with Gasteiger partial charge < -0.3 is 15.8 Å². The van der Waals surface area contributed by atoms with E-state index in [4.69, 9.17) is 10.5 Å². The van der Waals surface area contributed by atoms with Crippen molar-refractivity contribution in [1.82, 2.24) is 10.3 Å². The molecule has 0 saturated heterocycles. The zero-order valence-electron chi connectivity index (χ0n) is 19.7. The Hall–Kier alpha value is -4.10. The average Bonchev–Trinajstić information content (AvgIpc) is 3.39. The van der Waals surface area contributed by atoms with Gasteiger partial charge >= 0.3 is 0 Å². The van der Waals surface area contributed by atoms with Gasteiger partial charge in [0.25, 0.3) is 5.91 Å². The Labute approximate surface area is 206 Å². The van der Waals surface area contributed by atoms with E-state index in [0.29, 0.717) is 5.82 Å². The lowest BCUT2D eigenvalue weighted by molar-refractivity contribution is 0.0857. The lowest BCUT2D eigenvalue weighted by atomic mass is 9.83. The van der Waals surface area contributed by atoms with Gasteiger partial charge in [-0.3, -0.25) is 4.79 Å². The van der Waals surface area contributed by atoms with Crippen LogP contribution in [0.2, 0.25) is 0 Å². The minimum Gasteiger partial charge on any atom is -0.384 e. The minimum atomic E-state index is -0.587. The Morgan fingerprint density at radius 1 is 0.917 bits per heavy atom. The molecule has 2 aliphatic heterocycles. The number of hydrogen-bond acceptors (Lipinski definition) is 4. The van der Waals surface area contributed by atoms with Gasteiger partial charge in [0.1, 0.15) is 29.7 Å². The van der Waals surface area contributed by atoms with E-state index in [9.17, 15) is 9.18 Å². The number of nitrogens with zero attached hydrogens (tertiary/aromatic N) is 1. The van der Waals surface area contributed by atoms with Crippen molar-refractivity contribution in [1.29, 1.82) is 0 Å². The van der Waals surface area contributed by atoms with Gasteiger partial charge in [0, 0.05) is 12.2 Å². The maximum atomic E-state index is 15.1. The summed E-state index contributed by atoms with van der Waals surface area (Å²) in [5, 5.41) is 2.82. The first kappa shape index (κ1) is 22.4. The monoisotopic (exact) mass is 483 g/mol. The molecule has 2 unspecified atom stereocenters. The van der Waals surface area contributed by atoms with Gasteiger partial charge in [0.05, 0.1) is 5.56 Å². The molecule has 3 N–H and O–H groups in total. The Morgan fingerprint density at radius 2 is 1.58 bits per heavy atom. The van der Waals surface area contributed by atoms with Crippen LogP contribution in [0.3, 0.4) is 0 Å². The fourth-order valence-electron chi connectivity index (χ4n) is 5.28. The standard InChI is InChI=1S/C29H23F2N3O2/c1-14-9-26(32)34-15(2)24(14)13-33-29(35)23-11-21-22(12-25(23)31)27-19-8-5-17(10-20(19)28(21)36-27)16-3-6-18(30)7-4-16/h3-12,27-28H,13H2,1-2H3,(H2,32,34)(H,33,35). The van der Waals surface area contributed by atoms with Crippen LogP contribution in [-0.2, 0) is 11.3 Å². The van der Waals surface area contributed by atoms with Gasteiger partial charge in [-0.15, -0.1) is 0 Å². The number of aryl methyl sites for hydroxylation is 2. The summed E-state index contributed by atoms with van der Waals surface area (Å²) < 4.78 is 34.6. The number of pyridine rings is 1. The predicted octanol–water partition coefficient (Wildman–Crippen LogP) is 5.68. The number of carbonyl (C=O) groups excluding carboxylic acids is 1. The highest BCUT2D eigenvalue weighted by molar-refractivity contribution is 5.95. The highest BCUT2D eigenvalue weighted by atomic mass is 19.1. The first-order valence-electron chi connectivity index (χ1n) is 11.7. The quantitative estimate of drug-likeness (QED) is 0.392. The van der Waals surface area contributed by atoms with Crippen molar-refractivity contribution < 1.29 is 18.3 Å². The van der Waals surface area contributed by atoms with Gasteiger partial charge in [-0.05, 0) is 94.8 Å². The smallest absolute Gasteiger partial charge is 0.254 e. The molecular weight excluding hydrogens is 460 g/mol. The maximum absolute atomic E-state index is 15.1. The van der Waals surface area contributed by atoms with Crippen LogP contribution in [0.5, 0.6) is 0 Å². The molecular formula is C29H23F2N3O2. The fraction of sp³-hybridized carbons (Fsp3) is 0.172. The Bertz CT molecular complexity index is 1530. The summed E-state index contributed by atoms with van der Waals surface area (Å²) in [6.07, 6.45) is -0.765. The van der Waals surface area contributed by atoms with E-state index < -0.39 is 17.8 Å². The molecule has 180 valence electrons. The third-order valence-electron chi connectivity index (χ3n) is 7.08. The zero-order chi connectivity index (χ0) is 25.1. The number of nitrogens with two attached hydrogens (primary N) is 1. The zero-order valence-corrected chi connectivity index (χ0v) is 19.7. The number of halogens is 2. The molecule has 4 aromatic rings. The number of carbonyl (C=O) groups is 1. The van der Waals surface area contributed by atoms with Crippen molar-refractivity contribution in [2.45, 2.75) is 32.6 Å². The third-order valence-corrected chi connectivity index (χ3v) is 7.08. The van der Waals surface area contributed by atoms with Crippen molar-refractivity contribution in [3.05, 3.63) is 117 Å². The van der Waals surface area contributed by atoms with Crippen molar-refractivity contribution in [2.75, 3.05) is 5.73 Å². The number of rotatable bonds is 4. The average molecular weight is 484 g/mol. The summed E-state index contributed by atoms with van der Waals surface area (Å²) in [5.41, 5.74) is 13.6. The molecule has 0 saturated carbocycles. The molecule has 2 bridgehead atoms. The maximum Gasteiger partial charge on any atom is 0.254 e. The summed E-state index contributed by atoms with van der Waals surface area (Å²) in [6, 6.07) is 17.0. The van der Waals surface area contributed by atoms with E-state index in [1.165, 1.54) is 18.2 Å². The van der Waals surface area contributed by atoms with Gasteiger partial charge in [0.2, 0.25) is 0 Å². The topological polar surface area (TPSA) is 77.2 Å². The van der Waals surface area contributed by atoms with Crippen LogP contribution in [0.4, 0.5) is 14.6 Å². The normalized spacial score (nSPS) is 17.1. The molecule has 0 fully saturated rings. The van der Waals surface area contributed by atoms with Crippen LogP contribution in [0.25, 0.3) is 11.1 Å². The number of nitrogen functional groups attached to an aromatic ring is 1. The Morgan fingerprint density at radius 3 is 2.33 bits per heavy atom. The predicted molar refractivity (Wildman–Crippen MR) is 132 cm³/mol. The molecule has 3 heterocycles. The largest absolute Gasteiger partial charge is 0.384 e. The van der Waals surface area contributed by atoms with Crippen molar-refractivity contribution in [3.8, 4) is 11.1 Å². The summed E-state index contributed by atoms with van der Waals surface area (Å²) in [4.78, 5) is 17.2. The third kappa shape index (κ3) is 3.55. The molecule has 1 aromatic heterocycles. The van der Waals surface area contributed by atoms with Gasteiger partial charge in [-0.25, -0.2) is 13.8 Å². The van der Waals surface area contributed by atoms with Crippen LogP contribution < -0.4 is 11.1 Å². The SMILES string of the molecule is Cc1cc(N)nc(C)c1CNC(=O)c1cc2c(cc1F)C1OC2c2cc(-c3ccc(F)cc3)ccc21. The number of nitrogens with one attached hydrogen (secondary N) is 1. The van der Waals surface area contributed by atoms with Crippen LogP contribution in [0.1, 0.15) is 61.6 Å². The summed E-state index contributed by atoms with van der Waals surface area (Å²) in [7, 11) is 0. The summed E-state index contributed by atoms with van der Waals surface area (Å²) in [6.45, 7) is 3.94. The molecule has 3 aromatic carbocycles. The van der Waals surface area contributed by atoms with Gasteiger partial charge in [-0.2, -0.15) is 0 Å². The number of hydrogen-bond donors (Lipinski definition) is 2. The number of fused-ring (bicyclic) bond motifs is 8. The van der Waals surface area contributed by atoms with Crippen molar-refractivity contribution in [3.63, 3.8) is 0 Å². The second kappa shape index (κ2) is 8.24. The Kier molecular flexibility index (Phi) is 5.12. The van der Waals surface area contributed by atoms with E-state index in [0.717, 1.165) is 50.2 Å². The first-order chi connectivity index (χ1) is 17.3. The summed E-state index contributed by atoms with van der Waals surface area (Å²) >= 11 is 0. The first-order valence-corrected chi connectivity index (χ1v) is 11.7. The molecule has 1 amide bonds. The van der Waals surface area contributed by atoms with Crippen LogP contribution >= 0.6 is 0 Å². The molecule has 7 heteroatoms. The molecule has 5 nitrogen and oxygen atoms in total. The number of benzene rings is 3. The number of amides is 1. The molecule has 0 radical (unpaired) electrons. The van der Waals surface area contributed by atoms with E-state index in [1.54, 1.807) is 24.3 Å². The molecule has 0 aliphatic carbocycles.